The summed E-state index contributed by atoms with van der Waals surface area (Å²) in [5.41, 5.74) is 1.74. The molecule has 1 amide bonds. The molecule has 3 rings (SSSR count). The highest BCUT2D eigenvalue weighted by Gasteiger charge is 2.18. The lowest BCUT2D eigenvalue weighted by Gasteiger charge is -2.12. The topological polar surface area (TPSA) is 78.3 Å². The van der Waals surface area contributed by atoms with Crippen molar-refractivity contribution in [2.24, 2.45) is 0 Å². The van der Waals surface area contributed by atoms with Crippen LogP contribution in [0.1, 0.15) is 13.8 Å². The van der Waals surface area contributed by atoms with Gasteiger partial charge in [0.1, 0.15) is 11.5 Å². The summed E-state index contributed by atoms with van der Waals surface area (Å²) in [5, 5.41) is 12.3. The minimum absolute atomic E-state index is 0.0442. The first-order valence-electron chi connectivity index (χ1n) is 9.18. The van der Waals surface area contributed by atoms with E-state index in [1.54, 1.807) is 14.2 Å². The molecule has 1 aromatic heterocycles. The number of ether oxygens (including phenoxy) is 2. The molecule has 152 valence electrons. The molecule has 0 aliphatic carbocycles. The molecular weight excluding hydrogens is 388 g/mol. The van der Waals surface area contributed by atoms with E-state index in [0.29, 0.717) is 11.0 Å². The van der Waals surface area contributed by atoms with E-state index in [1.165, 1.54) is 11.8 Å². The smallest absolute Gasteiger partial charge is 0.230 e. The fourth-order valence-corrected chi connectivity index (χ4v) is 3.53. The lowest BCUT2D eigenvalue weighted by molar-refractivity contribution is -0.119. The summed E-state index contributed by atoms with van der Waals surface area (Å²) in [6.07, 6.45) is 0. The van der Waals surface area contributed by atoms with E-state index in [4.69, 9.17) is 9.47 Å². The molecule has 0 spiro atoms. The van der Waals surface area contributed by atoms with E-state index >= 15 is 0 Å². The minimum atomic E-state index is -0.0442. The summed E-state index contributed by atoms with van der Waals surface area (Å²) in [4.78, 5) is 12.1. The molecule has 1 heterocycles. The number of methoxy groups -OCH3 is 2. The van der Waals surface area contributed by atoms with Gasteiger partial charge in [-0.05, 0) is 50.2 Å². The Kier molecular flexibility index (Phi) is 6.77. The van der Waals surface area contributed by atoms with Crippen LogP contribution in [0.4, 0.5) is 0 Å². The summed E-state index contributed by atoms with van der Waals surface area (Å²) < 4.78 is 12.5. The molecule has 8 heteroatoms. The maximum atomic E-state index is 12.1. The van der Waals surface area contributed by atoms with Crippen molar-refractivity contribution in [1.29, 1.82) is 0 Å². The average Bonchev–Trinajstić information content (AvgIpc) is 3.16. The van der Waals surface area contributed by atoms with Gasteiger partial charge in [0.2, 0.25) is 5.91 Å². The number of carbonyl (C=O) groups is 1. The van der Waals surface area contributed by atoms with E-state index in [9.17, 15) is 4.79 Å². The molecule has 0 atom stereocenters. The average molecular weight is 413 g/mol. The van der Waals surface area contributed by atoms with Crippen molar-refractivity contribution >= 4 is 17.7 Å². The third-order valence-corrected chi connectivity index (χ3v) is 5.00. The van der Waals surface area contributed by atoms with Crippen LogP contribution in [0.3, 0.4) is 0 Å². The van der Waals surface area contributed by atoms with Crippen LogP contribution in [0.2, 0.25) is 0 Å². The Balaban J connectivity index is 1.99. The second-order valence-corrected chi connectivity index (χ2v) is 7.52. The number of nitrogens with one attached hydrogen (secondary N) is 1. The Bertz CT molecular complexity index is 970. The molecule has 0 radical (unpaired) electrons. The molecule has 0 unspecified atom stereocenters. The van der Waals surface area contributed by atoms with Gasteiger partial charge in [-0.15, -0.1) is 10.2 Å². The number of aromatic nitrogens is 3. The van der Waals surface area contributed by atoms with Crippen molar-refractivity contribution in [2.75, 3.05) is 20.0 Å². The first kappa shape index (κ1) is 20.7. The van der Waals surface area contributed by atoms with Crippen molar-refractivity contribution < 1.29 is 14.3 Å². The van der Waals surface area contributed by atoms with Crippen molar-refractivity contribution in [3.05, 3.63) is 48.5 Å². The van der Waals surface area contributed by atoms with Gasteiger partial charge in [-0.3, -0.25) is 9.36 Å². The lowest BCUT2D eigenvalue weighted by Crippen LogP contribution is -2.31. The molecule has 0 bridgehead atoms. The van der Waals surface area contributed by atoms with E-state index in [-0.39, 0.29) is 17.7 Å². The number of rotatable bonds is 8. The summed E-state index contributed by atoms with van der Waals surface area (Å²) >= 11 is 1.34. The Labute approximate surface area is 174 Å². The van der Waals surface area contributed by atoms with Crippen LogP contribution < -0.4 is 14.8 Å². The molecule has 0 saturated heterocycles. The highest BCUT2D eigenvalue weighted by molar-refractivity contribution is 7.99. The van der Waals surface area contributed by atoms with Gasteiger partial charge in [-0.25, -0.2) is 0 Å². The fourth-order valence-electron chi connectivity index (χ4n) is 2.77. The van der Waals surface area contributed by atoms with Crippen LogP contribution in [-0.4, -0.2) is 46.7 Å². The second kappa shape index (κ2) is 9.47. The molecule has 0 fully saturated rings. The summed E-state index contributed by atoms with van der Waals surface area (Å²) in [5.74, 6) is 2.37. The zero-order chi connectivity index (χ0) is 20.8. The van der Waals surface area contributed by atoms with Crippen LogP contribution in [0.25, 0.3) is 17.1 Å². The predicted octanol–water partition coefficient (Wildman–Crippen LogP) is 3.57. The number of amides is 1. The summed E-state index contributed by atoms with van der Waals surface area (Å²) in [6, 6.07) is 15.4. The van der Waals surface area contributed by atoms with Gasteiger partial charge >= 0.3 is 0 Å². The largest absolute Gasteiger partial charge is 0.497 e. The van der Waals surface area contributed by atoms with Crippen LogP contribution in [0.5, 0.6) is 11.5 Å². The monoisotopic (exact) mass is 412 g/mol. The normalized spacial score (nSPS) is 10.8. The Morgan fingerprint density at radius 1 is 1.07 bits per heavy atom. The van der Waals surface area contributed by atoms with Crippen molar-refractivity contribution in [1.82, 2.24) is 20.1 Å². The van der Waals surface area contributed by atoms with E-state index in [1.807, 2.05) is 66.9 Å². The number of nitrogens with zero attached hydrogens (tertiary/aromatic N) is 3. The van der Waals surface area contributed by atoms with Gasteiger partial charge in [-0.2, -0.15) is 0 Å². The second-order valence-electron chi connectivity index (χ2n) is 6.58. The Morgan fingerprint density at radius 3 is 2.45 bits per heavy atom. The maximum Gasteiger partial charge on any atom is 0.230 e. The minimum Gasteiger partial charge on any atom is -0.497 e. The van der Waals surface area contributed by atoms with Crippen LogP contribution in [0, 0.1) is 0 Å². The first-order chi connectivity index (χ1) is 14.0. The molecule has 0 saturated carbocycles. The van der Waals surface area contributed by atoms with Crippen LogP contribution >= 0.6 is 11.8 Å². The molecule has 1 N–H and O–H groups in total. The molecule has 2 aromatic carbocycles. The predicted molar refractivity (Wildman–Crippen MR) is 114 cm³/mol. The summed E-state index contributed by atoms with van der Waals surface area (Å²) in [6.45, 7) is 3.87. The SMILES string of the molecule is COc1ccc(-n2c(SCC(=O)NC(C)C)nnc2-c2cccc(OC)c2)cc1. The van der Waals surface area contributed by atoms with Crippen molar-refractivity contribution in [3.63, 3.8) is 0 Å². The van der Waals surface area contributed by atoms with Gasteiger partial charge < -0.3 is 14.8 Å². The maximum absolute atomic E-state index is 12.1. The third-order valence-electron chi connectivity index (χ3n) is 4.07. The fraction of sp³-hybridized carbons (Fsp3) is 0.286. The summed E-state index contributed by atoms with van der Waals surface area (Å²) in [7, 11) is 3.26. The van der Waals surface area contributed by atoms with E-state index in [2.05, 4.69) is 15.5 Å². The highest BCUT2D eigenvalue weighted by atomic mass is 32.2. The van der Waals surface area contributed by atoms with Gasteiger partial charge in [0, 0.05) is 17.3 Å². The zero-order valence-corrected chi connectivity index (χ0v) is 17.7. The quantitative estimate of drug-likeness (QED) is 0.570. The van der Waals surface area contributed by atoms with E-state index in [0.717, 1.165) is 22.7 Å². The molecular formula is C21H24N4O3S. The van der Waals surface area contributed by atoms with Gasteiger partial charge in [0.05, 0.1) is 20.0 Å². The molecule has 29 heavy (non-hydrogen) atoms. The standard InChI is InChI=1S/C21H24N4O3S/c1-14(2)22-19(26)13-29-21-24-23-20(15-6-5-7-18(12-15)28-4)25(21)16-8-10-17(27-3)11-9-16/h5-12,14H,13H2,1-4H3,(H,22,26). The number of carbonyl (C=O) groups excluding carboxylic acids is 1. The molecule has 3 aromatic rings. The van der Waals surface area contributed by atoms with Crippen LogP contribution in [0.15, 0.2) is 53.7 Å². The van der Waals surface area contributed by atoms with Gasteiger partial charge in [0.15, 0.2) is 11.0 Å². The molecule has 0 aliphatic heterocycles. The highest BCUT2D eigenvalue weighted by Crippen LogP contribution is 2.30. The van der Waals surface area contributed by atoms with Crippen molar-refractivity contribution in [3.8, 4) is 28.6 Å². The third kappa shape index (κ3) is 5.08. The number of hydrogen-bond donors (Lipinski definition) is 1. The Morgan fingerprint density at radius 2 is 1.79 bits per heavy atom. The number of thioether (sulfide) groups is 1. The number of hydrogen-bond acceptors (Lipinski definition) is 6. The zero-order valence-electron chi connectivity index (χ0n) is 16.9. The first-order valence-corrected chi connectivity index (χ1v) is 10.2. The van der Waals surface area contributed by atoms with Crippen molar-refractivity contribution in [2.45, 2.75) is 25.0 Å². The van der Waals surface area contributed by atoms with Gasteiger partial charge in [0.25, 0.3) is 0 Å². The number of benzene rings is 2. The Hall–Kier alpha value is -3.00. The van der Waals surface area contributed by atoms with Crippen LogP contribution in [-0.2, 0) is 4.79 Å². The van der Waals surface area contributed by atoms with Gasteiger partial charge in [-0.1, -0.05) is 23.9 Å². The van der Waals surface area contributed by atoms with E-state index < -0.39 is 0 Å². The molecule has 7 nitrogen and oxygen atoms in total. The lowest BCUT2D eigenvalue weighted by atomic mass is 10.2. The molecule has 0 aliphatic rings.